The number of halogens is 1. The maximum absolute atomic E-state index is 12.1. The fraction of sp³-hybridized carbons (Fsp3) is 0.294. The number of fused-ring (bicyclic) bond motifs is 1. The van der Waals surface area contributed by atoms with Crippen molar-refractivity contribution in [2.75, 3.05) is 6.61 Å². The Morgan fingerprint density at radius 2 is 2.08 bits per heavy atom. The van der Waals surface area contributed by atoms with E-state index in [9.17, 15) is 9.59 Å². The highest BCUT2D eigenvalue weighted by atomic mass is 35.5. The molecule has 0 saturated heterocycles. The topological polar surface area (TPSA) is 82.8 Å². The predicted octanol–water partition coefficient (Wildman–Crippen LogP) is 2.88. The van der Waals surface area contributed by atoms with Crippen molar-refractivity contribution in [3.8, 4) is 5.75 Å². The monoisotopic (exact) mass is 393 g/mol. The van der Waals surface area contributed by atoms with E-state index < -0.39 is 5.97 Å². The Labute approximate surface area is 158 Å². The number of carbonyl (C=O) groups excluding carboxylic acids is 1. The van der Waals surface area contributed by atoms with Crippen LogP contribution in [0.1, 0.15) is 24.0 Å². The van der Waals surface area contributed by atoms with Crippen molar-refractivity contribution in [3.05, 3.63) is 56.4 Å². The standard InChI is InChI=1S/C17H16ClN3O4S/c1-2-3-14-20-21-15(22)8-12(19-17(21)26-14)9-25-16(23)10-24-13-6-4-11(18)5-7-13/h4-8H,2-3,9-10H2,1H3. The van der Waals surface area contributed by atoms with Gasteiger partial charge in [0.25, 0.3) is 5.56 Å². The molecule has 0 aliphatic rings. The van der Waals surface area contributed by atoms with Gasteiger partial charge in [0.1, 0.15) is 17.4 Å². The second-order valence-corrected chi connectivity index (χ2v) is 6.91. The Hall–Kier alpha value is -2.45. The van der Waals surface area contributed by atoms with E-state index in [1.54, 1.807) is 24.3 Å². The molecule has 0 aliphatic carbocycles. The van der Waals surface area contributed by atoms with Gasteiger partial charge in [-0.25, -0.2) is 9.78 Å². The molecule has 3 aromatic rings. The summed E-state index contributed by atoms with van der Waals surface area (Å²) in [5.41, 5.74) is 0.0820. The molecule has 0 radical (unpaired) electrons. The van der Waals surface area contributed by atoms with Gasteiger partial charge in [-0.1, -0.05) is 29.9 Å². The quantitative estimate of drug-likeness (QED) is 0.574. The van der Waals surface area contributed by atoms with Crippen molar-refractivity contribution >= 4 is 33.9 Å². The molecule has 0 bridgehead atoms. The zero-order valence-corrected chi connectivity index (χ0v) is 15.5. The van der Waals surface area contributed by atoms with E-state index in [1.165, 1.54) is 21.9 Å². The van der Waals surface area contributed by atoms with Crippen LogP contribution in [-0.4, -0.2) is 27.2 Å². The fourth-order valence-corrected chi connectivity index (χ4v) is 3.30. The summed E-state index contributed by atoms with van der Waals surface area (Å²) in [6, 6.07) is 7.95. The summed E-state index contributed by atoms with van der Waals surface area (Å²) in [4.78, 5) is 28.7. The number of nitrogens with zero attached hydrogens (tertiary/aromatic N) is 3. The first-order valence-corrected chi connectivity index (χ1v) is 9.17. The van der Waals surface area contributed by atoms with Gasteiger partial charge < -0.3 is 9.47 Å². The molecule has 26 heavy (non-hydrogen) atoms. The Bertz CT molecular complexity index is 968. The van der Waals surface area contributed by atoms with Crippen LogP contribution in [0.2, 0.25) is 5.02 Å². The average molecular weight is 394 g/mol. The molecule has 0 atom stereocenters. The molecule has 3 rings (SSSR count). The minimum atomic E-state index is -0.557. The molecular weight excluding hydrogens is 378 g/mol. The van der Waals surface area contributed by atoms with Gasteiger partial charge in [0, 0.05) is 17.5 Å². The first kappa shape index (κ1) is 18.3. The van der Waals surface area contributed by atoms with Crippen molar-refractivity contribution in [1.29, 1.82) is 0 Å². The minimum Gasteiger partial charge on any atom is -0.482 e. The number of aromatic nitrogens is 3. The van der Waals surface area contributed by atoms with Crippen LogP contribution in [0.15, 0.2) is 35.1 Å². The third-order valence-electron chi connectivity index (χ3n) is 3.36. The summed E-state index contributed by atoms with van der Waals surface area (Å²) in [6.07, 6.45) is 1.73. The molecule has 0 fully saturated rings. The van der Waals surface area contributed by atoms with Crippen LogP contribution < -0.4 is 10.3 Å². The lowest BCUT2D eigenvalue weighted by Crippen LogP contribution is -2.18. The Morgan fingerprint density at radius 3 is 2.81 bits per heavy atom. The van der Waals surface area contributed by atoms with Gasteiger partial charge in [-0.3, -0.25) is 4.79 Å². The number of esters is 1. The third kappa shape index (κ3) is 4.59. The molecule has 1 aromatic carbocycles. The second kappa shape index (κ2) is 8.29. The molecule has 136 valence electrons. The van der Waals surface area contributed by atoms with Gasteiger partial charge in [-0.2, -0.15) is 9.61 Å². The molecule has 9 heteroatoms. The molecule has 7 nitrogen and oxygen atoms in total. The minimum absolute atomic E-state index is 0.102. The van der Waals surface area contributed by atoms with Crippen LogP contribution in [0.3, 0.4) is 0 Å². The largest absolute Gasteiger partial charge is 0.482 e. The van der Waals surface area contributed by atoms with Gasteiger partial charge in [0.05, 0.1) is 5.69 Å². The van der Waals surface area contributed by atoms with E-state index in [2.05, 4.69) is 10.1 Å². The van der Waals surface area contributed by atoms with Crippen LogP contribution >= 0.6 is 22.9 Å². The predicted molar refractivity (Wildman–Crippen MR) is 97.9 cm³/mol. The Balaban J connectivity index is 1.59. The third-order valence-corrected chi connectivity index (χ3v) is 4.58. The van der Waals surface area contributed by atoms with Gasteiger partial charge in [-0.05, 0) is 30.7 Å². The normalized spacial score (nSPS) is 10.8. The van der Waals surface area contributed by atoms with Crippen LogP contribution in [0.25, 0.3) is 4.96 Å². The van der Waals surface area contributed by atoms with Crippen LogP contribution in [0.4, 0.5) is 0 Å². The molecular formula is C17H16ClN3O4S. The molecule has 0 aliphatic heterocycles. The van der Waals surface area contributed by atoms with E-state index in [4.69, 9.17) is 21.1 Å². The number of aryl methyl sites for hydroxylation is 1. The smallest absolute Gasteiger partial charge is 0.344 e. The second-order valence-electron chi connectivity index (χ2n) is 5.43. The zero-order valence-electron chi connectivity index (χ0n) is 14.0. The van der Waals surface area contributed by atoms with Crippen LogP contribution in [0, 0.1) is 0 Å². The number of hydrogen-bond acceptors (Lipinski definition) is 7. The van der Waals surface area contributed by atoms with Crippen molar-refractivity contribution < 1.29 is 14.3 Å². The Kier molecular flexibility index (Phi) is 5.85. The van der Waals surface area contributed by atoms with Crippen molar-refractivity contribution in [2.45, 2.75) is 26.4 Å². The van der Waals surface area contributed by atoms with Gasteiger partial charge >= 0.3 is 5.97 Å². The first-order valence-electron chi connectivity index (χ1n) is 7.98. The summed E-state index contributed by atoms with van der Waals surface area (Å²) in [7, 11) is 0. The zero-order chi connectivity index (χ0) is 18.5. The molecule has 0 unspecified atom stereocenters. The van der Waals surface area contributed by atoms with Crippen LogP contribution in [-0.2, 0) is 22.6 Å². The number of hydrogen-bond donors (Lipinski definition) is 0. The highest BCUT2D eigenvalue weighted by Gasteiger charge is 2.11. The van der Waals surface area contributed by atoms with Crippen molar-refractivity contribution in [2.24, 2.45) is 0 Å². The summed E-state index contributed by atoms with van der Waals surface area (Å²) in [5.74, 6) is -0.0461. The summed E-state index contributed by atoms with van der Waals surface area (Å²) in [6.45, 7) is 1.69. The molecule has 0 N–H and O–H groups in total. The summed E-state index contributed by atoms with van der Waals surface area (Å²) in [5, 5.41) is 5.66. The SMILES string of the molecule is CCCc1nn2c(=O)cc(COC(=O)COc3ccc(Cl)cc3)nc2s1. The summed E-state index contributed by atoms with van der Waals surface area (Å²) >= 11 is 7.14. The van der Waals surface area contributed by atoms with E-state index >= 15 is 0 Å². The lowest BCUT2D eigenvalue weighted by molar-refractivity contribution is -0.147. The number of ether oxygens (including phenoxy) is 2. The maximum atomic E-state index is 12.1. The highest BCUT2D eigenvalue weighted by molar-refractivity contribution is 7.16. The molecule has 0 spiro atoms. The molecule has 0 amide bonds. The fourth-order valence-electron chi connectivity index (χ4n) is 2.15. The molecule has 0 saturated carbocycles. The van der Waals surface area contributed by atoms with E-state index in [-0.39, 0.29) is 18.8 Å². The maximum Gasteiger partial charge on any atom is 0.344 e. The van der Waals surface area contributed by atoms with E-state index in [0.717, 1.165) is 17.8 Å². The lowest BCUT2D eigenvalue weighted by atomic mass is 10.3. The lowest BCUT2D eigenvalue weighted by Gasteiger charge is -2.06. The van der Waals surface area contributed by atoms with Crippen LogP contribution in [0.5, 0.6) is 5.75 Å². The van der Waals surface area contributed by atoms with Gasteiger partial charge in [0.15, 0.2) is 6.61 Å². The molecule has 2 heterocycles. The average Bonchev–Trinajstić information content (AvgIpc) is 3.03. The number of benzene rings is 1. The summed E-state index contributed by atoms with van der Waals surface area (Å²) < 4.78 is 11.7. The van der Waals surface area contributed by atoms with Gasteiger partial charge in [0.2, 0.25) is 4.96 Å². The number of carbonyl (C=O) groups is 1. The first-order chi connectivity index (χ1) is 12.5. The van der Waals surface area contributed by atoms with Crippen molar-refractivity contribution in [1.82, 2.24) is 14.6 Å². The molecule has 2 aromatic heterocycles. The number of rotatable bonds is 7. The van der Waals surface area contributed by atoms with E-state index in [0.29, 0.717) is 21.4 Å². The van der Waals surface area contributed by atoms with Crippen molar-refractivity contribution in [3.63, 3.8) is 0 Å². The van der Waals surface area contributed by atoms with E-state index in [1.807, 2.05) is 6.92 Å². The Morgan fingerprint density at radius 1 is 1.31 bits per heavy atom. The highest BCUT2D eigenvalue weighted by Crippen LogP contribution is 2.16. The van der Waals surface area contributed by atoms with Gasteiger partial charge in [-0.15, -0.1) is 0 Å².